The molecule has 2 aromatic rings. The number of rotatable bonds is 14. The second-order valence-corrected chi connectivity index (χ2v) is 10.9. The van der Waals surface area contributed by atoms with E-state index in [-0.39, 0.29) is 24.7 Å². The fraction of sp³-hybridized carbons (Fsp3) is 0.567. The first-order valence-corrected chi connectivity index (χ1v) is 13.1. The second kappa shape index (κ2) is 12.7. The molecule has 35 heavy (non-hydrogen) atoms. The molecule has 0 aromatic heterocycles. The molecule has 0 bridgehead atoms. The number of ether oxygens (including phenoxy) is 1. The summed E-state index contributed by atoms with van der Waals surface area (Å²) in [6.45, 7) is 9.28. The SMILES string of the molecule is CCCC(OC[C@H](O)CNC(C)(C)CC1Cc2ccccc2C1)c1ccc(C)cc1CCC(=O)O. The van der Waals surface area contributed by atoms with Crippen LogP contribution in [0.15, 0.2) is 42.5 Å². The normalized spacial score (nSPS) is 15.7. The average Bonchev–Trinajstić information content (AvgIpc) is 3.21. The van der Waals surface area contributed by atoms with Crippen molar-refractivity contribution in [2.75, 3.05) is 13.2 Å². The maximum Gasteiger partial charge on any atom is 0.303 e. The Balaban J connectivity index is 1.51. The number of carboxylic acids is 1. The molecule has 3 N–H and O–H groups in total. The van der Waals surface area contributed by atoms with Gasteiger partial charge in [0.2, 0.25) is 0 Å². The van der Waals surface area contributed by atoms with Crippen LogP contribution in [-0.4, -0.2) is 41.0 Å². The Morgan fingerprint density at radius 3 is 2.49 bits per heavy atom. The van der Waals surface area contributed by atoms with Crippen LogP contribution in [0.4, 0.5) is 0 Å². The fourth-order valence-electron chi connectivity index (χ4n) is 5.37. The van der Waals surface area contributed by atoms with Gasteiger partial charge < -0.3 is 20.3 Å². The monoisotopic (exact) mass is 481 g/mol. The molecule has 2 atom stereocenters. The molecule has 0 aliphatic heterocycles. The van der Waals surface area contributed by atoms with Crippen molar-refractivity contribution in [3.8, 4) is 0 Å². The number of hydrogen-bond acceptors (Lipinski definition) is 4. The van der Waals surface area contributed by atoms with Gasteiger partial charge in [0, 0.05) is 18.5 Å². The number of hydrogen-bond donors (Lipinski definition) is 3. The van der Waals surface area contributed by atoms with E-state index < -0.39 is 12.1 Å². The van der Waals surface area contributed by atoms with Crippen LogP contribution < -0.4 is 5.32 Å². The van der Waals surface area contributed by atoms with Crippen LogP contribution in [0.2, 0.25) is 0 Å². The second-order valence-electron chi connectivity index (χ2n) is 10.9. The Bertz CT molecular complexity index is 946. The van der Waals surface area contributed by atoms with Gasteiger partial charge in [-0.05, 0) is 81.0 Å². The van der Waals surface area contributed by atoms with E-state index in [1.165, 1.54) is 11.1 Å². The van der Waals surface area contributed by atoms with E-state index in [9.17, 15) is 9.90 Å². The van der Waals surface area contributed by atoms with E-state index in [0.717, 1.165) is 48.8 Å². The van der Waals surface area contributed by atoms with Gasteiger partial charge in [-0.1, -0.05) is 61.4 Å². The van der Waals surface area contributed by atoms with Crippen molar-refractivity contribution in [3.63, 3.8) is 0 Å². The average molecular weight is 482 g/mol. The molecular weight excluding hydrogens is 438 g/mol. The van der Waals surface area contributed by atoms with Crippen molar-refractivity contribution in [1.82, 2.24) is 5.32 Å². The van der Waals surface area contributed by atoms with Crippen LogP contribution in [0, 0.1) is 12.8 Å². The third kappa shape index (κ3) is 8.45. The number of fused-ring (bicyclic) bond motifs is 1. The van der Waals surface area contributed by atoms with Crippen LogP contribution in [0.5, 0.6) is 0 Å². The number of aryl methyl sites for hydroxylation is 2. The predicted octanol–water partition coefficient (Wildman–Crippen LogP) is 5.40. The molecule has 1 aliphatic carbocycles. The minimum atomic E-state index is -0.795. The van der Waals surface area contributed by atoms with E-state index in [4.69, 9.17) is 9.84 Å². The van der Waals surface area contributed by atoms with Gasteiger partial charge in [0.1, 0.15) is 0 Å². The number of carboxylic acid groups (broad SMARTS) is 1. The molecular formula is C30H43NO4. The highest BCUT2D eigenvalue weighted by Gasteiger charge is 2.28. The van der Waals surface area contributed by atoms with Gasteiger partial charge in [0.15, 0.2) is 0 Å². The van der Waals surface area contributed by atoms with E-state index >= 15 is 0 Å². The maximum absolute atomic E-state index is 11.1. The van der Waals surface area contributed by atoms with Crippen molar-refractivity contribution < 1.29 is 19.7 Å². The quantitative estimate of drug-likeness (QED) is 0.337. The largest absolute Gasteiger partial charge is 0.481 e. The van der Waals surface area contributed by atoms with Gasteiger partial charge in [0.05, 0.1) is 18.8 Å². The summed E-state index contributed by atoms with van der Waals surface area (Å²) in [5, 5.41) is 23.4. The molecule has 0 saturated carbocycles. The summed E-state index contributed by atoms with van der Waals surface area (Å²) in [7, 11) is 0. The van der Waals surface area contributed by atoms with Crippen LogP contribution in [-0.2, 0) is 28.8 Å². The molecule has 1 unspecified atom stereocenters. The van der Waals surface area contributed by atoms with Crippen LogP contribution in [0.25, 0.3) is 0 Å². The Morgan fingerprint density at radius 2 is 1.86 bits per heavy atom. The van der Waals surface area contributed by atoms with E-state index in [1.807, 2.05) is 13.0 Å². The summed E-state index contributed by atoms with van der Waals surface area (Å²) in [6.07, 6.45) is 4.93. The molecule has 0 heterocycles. The molecule has 0 spiro atoms. The number of aliphatic hydroxyl groups is 1. The van der Waals surface area contributed by atoms with Crippen molar-refractivity contribution >= 4 is 5.97 Å². The van der Waals surface area contributed by atoms with Gasteiger partial charge in [-0.15, -0.1) is 0 Å². The highest BCUT2D eigenvalue weighted by Crippen LogP contribution is 2.32. The van der Waals surface area contributed by atoms with Gasteiger partial charge >= 0.3 is 5.97 Å². The van der Waals surface area contributed by atoms with Gasteiger partial charge in [-0.3, -0.25) is 4.79 Å². The molecule has 0 fully saturated rings. The summed E-state index contributed by atoms with van der Waals surface area (Å²) in [5.41, 5.74) is 6.06. The lowest BCUT2D eigenvalue weighted by molar-refractivity contribution is -0.136. The molecule has 0 amide bonds. The highest BCUT2D eigenvalue weighted by molar-refractivity contribution is 5.67. The number of aliphatic carboxylic acids is 1. The van der Waals surface area contributed by atoms with Gasteiger partial charge in [0.25, 0.3) is 0 Å². The zero-order valence-electron chi connectivity index (χ0n) is 21.8. The molecule has 3 rings (SSSR count). The highest BCUT2D eigenvalue weighted by atomic mass is 16.5. The van der Waals surface area contributed by atoms with Crippen molar-refractivity contribution in [3.05, 3.63) is 70.3 Å². The van der Waals surface area contributed by atoms with Crippen molar-refractivity contribution in [2.24, 2.45) is 5.92 Å². The zero-order valence-corrected chi connectivity index (χ0v) is 21.8. The molecule has 192 valence electrons. The third-order valence-corrected chi connectivity index (χ3v) is 7.05. The van der Waals surface area contributed by atoms with Crippen molar-refractivity contribution in [2.45, 2.75) is 90.4 Å². The topological polar surface area (TPSA) is 78.8 Å². The molecule has 0 radical (unpaired) electrons. The van der Waals surface area contributed by atoms with E-state index in [2.05, 4.69) is 62.5 Å². The van der Waals surface area contributed by atoms with Crippen LogP contribution >= 0.6 is 0 Å². The maximum atomic E-state index is 11.1. The first-order valence-electron chi connectivity index (χ1n) is 13.1. The Kier molecular flexibility index (Phi) is 9.90. The van der Waals surface area contributed by atoms with E-state index in [1.54, 1.807) is 0 Å². The molecule has 1 aliphatic rings. The first kappa shape index (κ1) is 27.4. The lowest BCUT2D eigenvalue weighted by Crippen LogP contribution is -2.45. The Hall–Kier alpha value is -2.21. The summed E-state index contributed by atoms with van der Waals surface area (Å²) >= 11 is 0. The molecule has 5 heteroatoms. The first-order chi connectivity index (χ1) is 16.7. The van der Waals surface area contributed by atoms with Crippen LogP contribution in [0.3, 0.4) is 0 Å². The number of aliphatic hydroxyl groups excluding tert-OH is 1. The van der Waals surface area contributed by atoms with Gasteiger partial charge in [-0.25, -0.2) is 0 Å². The number of β-amino-alcohol motifs (C(OH)–C–C–N with tert-alkyl or cyclic N) is 1. The summed E-state index contributed by atoms with van der Waals surface area (Å²) < 4.78 is 6.22. The van der Waals surface area contributed by atoms with E-state index in [0.29, 0.717) is 18.9 Å². The van der Waals surface area contributed by atoms with Gasteiger partial charge in [-0.2, -0.15) is 0 Å². The fourth-order valence-corrected chi connectivity index (χ4v) is 5.37. The molecule has 5 nitrogen and oxygen atoms in total. The lowest BCUT2D eigenvalue weighted by atomic mass is 9.88. The summed E-state index contributed by atoms with van der Waals surface area (Å²) in [5.74, 6) is -0.168. The Labute approximate surface area is 210 Å². The third-order valence-electron chi connectivity index (χ3n) is 7.05. The predicted molar refractivity (Wildman–Crippen MR) is 141 cm³/mol. The molecule has 2 aromatic carbocycles. The minimum absolute atomic E-state index is 0.0720. The number of benzene rings is 2. The standard InChI is InChI=1S/C30H43NO4/c1-5-8-28(27-13-11-21(2)15-25(27)12-14-29(33)34)35-20-26(32)19-31-30(3,4)18-22-16-23-9-6-7-10-24(23)17-22/h6-7,9-11,13,15,22,26,28,31-32H,5,8,12,14,16-20H2,1-4H3,(H,33,34)/t26-,28?/m1/s1. The minimum Gasteiger partial charge on any atom is -0.481 e. The van der Waals surface area contributed by atoms with Crippen molar-refractivity contribution in [1.29, 1.82) is 0 Å². The van der Waals surface area contributed by atoms with Crippen LogP contribution in [0.1, 0.15) is 80.4 Å². The zero-order chi connectivity index (χ0) is 25.4. The lowest BCUT2D eigenvalue weighted by Gasteiger charge is -2.31. The number of carbonyl (C=O) groups is 1. The summed E-state index contributed by atoms with van der Waals surface area (Å²) in [4.78, 5) is 11.1. The Morgan fingerprint density at radius 1 is 1.17 bits per heavy atom. The molecule has 0 saturated heterocycles. The smallest absolute Gasteiger partial charge is 0.303 e. The summed E-state index contributed by atoms with van der Waals surface area (Å²) in [6, 6.07) is 14.9. The number of nitrogens with one attached hydrogen (secondary N) is 1.